The number of nitrogens with two attached hydrogens (primary N) is 1. The highest BCUT2D eigenvalue weighted by Gasteiger charge is 2.14. The molecule has 106 valence electrons. The van der Waals surface area contributed by atoms with Gasteiger partial charge in [0, 0.05) is 11.3 Å². The lowest BCUT2D eigenvalue weighted by atomic mass is 9.88. The van der Waals surface area contributed by atoms with Crippen LogP contribution in [0.15, 0.2) is 36.4 Å². The van der Waals surface area contributed by atoms with Crippen LogP contribution in [0.25, 0.3) is 11.1 Å². The minimum atomic E-state index is -0.260. The first-order chi connectivity index (χ1) is 9.40. The van der Waals surface area contributed by atoms with E-state index in [0.717, 1.165) is 5.56 Å². The topological polar surface area (TPSA) is 26.0 Å². The number of halogens is 1. The molecule has 0 heterocycles. The summed E-state index contributed by atoms with van der Waals surface area (Å²) >= 11 is 0. The van der Waals surface area contributed by atoms with Gasteiger partial charge in [-0.3, -0.25) is 0 Å². The van der Waals surface area contributed by atoms with Gasteiger partial charge in [-0.2, -0.15) is 0 Å². The van der Waals surface area contributed by atoms with Crippen LogP contribution in [0.1, 0.15) is 50.7 Å². The molecule has 0 aliphatic carbocycles. The summed E-state index contributed by atoms with van der Waals surface area (Å²) < 4.78 is 14.2. The molecule has 2 aromatic carbocycles. The normalized spacial score (nSPS) is 11.3. The van der Waals surface area contributed by atoms with E-state index >= 15 is 0 Å². The first-order valence-corrected chi connectivity index (χ1v) is 7.09. The van der Waals surface area contributed by atoms with Crippen molar-refractivity contribution in [2.45, 2.75) is 39.5 Å². The van der Waals surface area contributed by atoms with Crippen LogP contribution in [0.4, 0.5) is 10.1 Å². The molecule has 0 atom stereocenters. The minimum absolute atomic E-state index is 0.260. The van der Waals surface area contributed by atoms with Crippen LogP contribution in [-0.4, -0.2) is 0 Å². The summed E-state index contributed by atoms with van der Waals surface area (Å²) in [7, 11) is 0. The van der Waals surface area contributed by atoms with Crippen LogP contribution in [0.3, 0.4) is 0 Å². The molecule has 0 unspecified atom stereocenters. The smallest absolute Gasteiger partial charge is 0.133 e. The van der Waals surface area contributed by atoms with Crippen LogP contribution in [-0.2, 0) is 0 Å². The lowest BCUT2D eigenvalue weighted by molar-refractivity contribution is 0.631. The van der Waals surface area contributed by atoms with Crippen molar-refractivity contribution < 1.29 is 4.39 Å². The molecule has 0 bridgehead atoms. The zero-order valence-corrected chi connectivity index (χ0v) is 12.6. The quantitative estimate of drug-likeness (QED) is 0.751. The molecule has 0 amide bonds. The Hall–Kier alpha value is -1.83. The molecule has 20 heavy (non-hydrogen) atoms. The van der Waals surface area contributed by atoms with Crippen molar-refractivity contribution >= 4 is 5.69 Å². The van der Waals surface area contributed by atoms with E-state index in [2.05, 4.69) is 39.8 Å². The van der Waals surface area contributed by atoms with Crippen molar-refractivity contribution in [3.63, 3.8) is 0 Å². The molecule has 0 aliphatic rings. The van der Waals surface area contributed by atoms with E-state index in [-0.39, 0.29) is 5.82 Å². The summed E-state index contributed by atoms with van der Waals surface area (Å²) in [6.07, 6.45) is 0. The molecular formula is C18H22FN. The van der Waals surface area contributed by atoms with E-state index in [4.69, 9.17) is 5.73 Å². The van der Waals surface area contributed by atoms with E-state index in [0.29, 0.717) is 23.1 Å². The average molecular weight is 271 g/mol. The Morgan fingerprint density at radius 3 is 2.05 bits per heavy atom. The number of hydrogen-bond acceptors (Lipinski definition) is 1. The molecule has 2 N–H and O–H groups in total. The van der Waals surface area contributed by atoms with Gasteiger partial charge in [0.15, 0.2) is 0 Å². The van der Waals surface area contributed by atoms with Crippen molar-refractivity contribution in [1.82, 2.24) is 0 Å². The van der Waals surface area contributed by atoms with Gasteiger partial charge in [-0.05, 0) is 46.7 Å². The summed E-state index contributed by atoms with van der Waals surface area (Å²) in [6, 6.07) is 11.2. The lowest BCUT2D eigenvalue weighted by Gasteiger charge is -2.17. The van der Waals surface area contributed by atoms with Crippen LogP contribution >= 0.6 is 0 Å². The van der Waals surface area contributed by atoms with Crippen molar-refractivity contribution in [2.75, 3.05) is 5.73 Å². The van der Waals surface area contributed by atoms with Crippen LogP contribution in [0.2, 0.25) is 0 Å². The zero-order valence-electron chi connectivity index (χ0n) is 12.6. The van der Waals surface area contributed by atoms with Crippen molar-refractivity contribution in [2.24, 2.45) is 0 Å². The van der Waals surface area contributed by atoms with E-state index in [1.165, 1.54) is 17.2 Å². The Labute approximate surface area is 120 Å². The Morgan fingerprint density at radius 1 is 0.850 bits per heavy atom. The van der Waals surface area contributed by atoms with Crippen LogP contribution in [0, 0.1) is 5.82 Å². The van der Waals surface area contributed by atoms with E-state index in [1.807, 2.05) is 6.07 Å². The van der Waals surface area contributed by atoms with Crippen molar-refractivity contribution in [1.29, 1.82) is 0 Å². The summed E-state index contributed by atoms with van der Waals surface area (Å²) in [5, 5.41) is 0. The minimum Gasteiger partial charge on any atom is -0.399 e. The fourth-order valence-corrected chi connectivity index (χ4v) is 2.41. The van der Waals surface area contributed by atoms with Gasteiger partial charge in [-0.25, -0.2) is 4.39 Å². The first-order valence-electron chi connectivity index (χ1n) is 7.09. The summed E-state index contributed by atoms with van der Waals surface area (Å²) in [5.74, 6) is 0.558. The number of benzene rings is 2. The van der Waals surface area contributed by atoms with Crippen LogP contribution < -0.4 is 5.73 Å². The molecule has 0 aromatic heterocycles. The van der Waals surface area contributed by atoms with Crippen molar-refractivity contribution in [3.8, 4) is 11.1 Å². The molecule has 0 fully saturated rings. The molecule has 2 heteroatoms. The molecule has 2 aromatic rings. The van der Waals surface area contributed by atoms with Gasteiger partial charge in [-0.1, -0.05) is 45.9 Å². The molecule has 2 rings (SSSR count). The molecule has 0 saturated carbocycles. The third-order valence-electron chi connectivity index (χ3n) is 3.65. The van der Waals surface area contributed by atoms with E-state index < -0.39 is 0 Å². The maximum absolute atomic E-state index is 14.2. The molecule has 0 aliphatic heterocycles. The monoisotopic (exact) mass is 271 g/mol. The van der Waals surface area contributed by atoms with Crippen LogP contribution in [0.5, 0.6) is 0 Å². The maximum Gasteiger partial charge on any atom is 0.133 e. The maximum atomic E-state index is 14.2. The second-order valence-electron chi connectivity index (χ2n) is 5.90. The SMILES string of the molecule is CC(C)c1ccc(-c2ccc(N)cc2F)c(C(C)C)c1. The summed E-state index contributed by atoms with van der Waals surface area (Å²) in [6.45, 7) is 8.61. The van der Waals surface area contributed by atoms with Gasteiger partial charge < -0.3 is 5.73 Å². The average Bonchev–Trinajstić information content (AvgIpc) is 2.38. The van der Waals surface area contributed by atoms with Gasteiger partial charge in [0.05, 0.1) is 0 Å². The third kappa shape index (κ3) is 2.84. The Morgan fingerprint density at radius 2 is 1.50 bits per heavy atom. The second-order valence-corrected chi connectivity index (χ2v) is 5.90. The summed E-state index contributed by atoms with van der Waals surface area (Å²) in [4.78, 5) is 0. The predicted octanol–water partition coefficient (Wildman–Crippen LogP) is 5.32. The van der Waals surface area contributed by atoms with E-state index in [9.17, 15) is 4.39 Å². The number of anilines is 1. The van der Waals surface area contributed by atoms with Gasteiger partial charge in [0.25, 0.3) is 0 Å². The highest BCUT2D eigenvalue weighted by molar-refractivity contribution is 5.70. The molecule has 1 nitrogen and oxygen atoms in total. The van der Waals surface area contributed by atoms with Gasteiger partial charge >= 0.3 is 0 Å². The van der Waals surface area contributed by atoms with Gasteiger partial charge in [-0.15, -0.1) is 0 Å². The lowest BCUT2D eigenvalue weighted by Crippen LogP contribution is -1.98. The van der Waals surface area contributed by atoms with Gasteiger partial charge in [0.1, 0.15) is 5.82 Å². The summed E-state index contributed by atoms with van der Waals surface area (Å²) in [5.41, 5.74) is 10.1. The molecule has 0 saturated heterocycles. The fourth-order valence-electron chi connectivity index (χ4n) is 2.41. The molecule has 0 spiro atoms. The predicted molar refractivity (Wildman–Crippen MR) is 84.4 cm³/mol. The first kappa shape index (κ1) is 14.6. The Kier molecular flexibility index (Phi) is 4.12. The highest BCUT2D eigenvalue weighted by Crippen LogP contribution is 2.33. The van der Waals surface area contributed by atoms with E-state index in [1.54, 1.807) is 12.1 Å². The molecule has 0 radical (unpaired) electrons. The molecular weight excluding hydrogens is 249 g/mol. The van der Waals surface area contributed by atoms with Gasteiger partial charge in [0.2, 0.25) is 0 Å². The Balaban J connectivity index is 2.61. The standard InChI is InChI=1S/C18H22FN/c1-11(2)13-5-7-15(17(9-13)12(3)4)16-8-6-14(20)10-18(16)19/h5-12H,20H2,1-4H3. The number of hydrogen-bond donors (Lipinski definition) is 1. The Bertz CT molecular complexity index is 615. The number of rotatable bonds is 3. The highest BCUT2D eigenvalue weighted by atomic mass is 19.1. The van der Waals surface area contributed by atoms with Crippen molar-refractivity contribution in [3.05, 3.63) is 53.3 Å². The second kappa shape index (κ2) is 5.66. The largest absolute Gasteiger partial charge is 0.399 e. The third-order valence-corrected chi connectivity index (χ3v) is 3.65. The zero-order chi connectivity index (χ0) is 14.9. The fraction of sp³-hybridized carbons (Fsp3) is 0.333. The number of nitrogen functional groups attached to an aromatic ring is 1.